The molecular formula is C21H30B2O5. The minimum Gasteiger partial charge on any atom is -0.410 e. The molecule has 2 aliphatic heterocycles. The molecule has 150 valence electrons. The molecule has 0 spiro atoms. The quantitative estimate of drug-likeness (QED) is 0.566. The molecule has 0 aliphatic carbocycles. The van der Waals surface area contributed by atoms with Crippen LogP contribution in [0.25, 0.3) is 0 Å². The number of benzene rings is 2. The van der Waals surface area contributed by atoms with E-state index in [9.17, 15) is 0 Å². The fourth-order valence-electron chi connectivity index (χ4n) is 3.03. The minimum atomic E-state index is -0.182. The maximum Gasteiger partial charge on any atom is 0.494 e. The molecule has 2 heterocycles. The van der Waals surface area contributed by atoms with Gasteiger partial charge in [-0.05, 0) is 28.5 Å². The first kappa shape index (κ1) is 22.7. The van der Waals surface area contributed by atoms with Crippen LogP contribution in [0.4, 0.5) is 0 Å². The Bertz CT molecular complexity index is 698. The van der Waals surface area contributed by atoms with Crippen LogP contribution in [0, 0.1) is 0 Å². The highest BCUT2D eigenvalue weighted by atomic mass is 16.6. The SMILES string of the molecule is CC.COB1OCc2ccccc21.COCCCOB1OCc2ccccc21. The minimum absolute atomic E-state index is 0.147. The van der Waals surface area contributed by atoms with Crippen LogP contribution in [0.1, 0.15) is 31.4 Å². The fraction of sp³-hybridized carbons (Fsp3) is 0.429. The third-order valence-corrected chi connectivity index (χ3v) is 4.37. The Morgan fingerprint density at radius 3 is 1.89 bits per heavy atom. The van der Waals surface area contributed by atoms with Crippen LogP contribution in [0.5, 0.6) is 0 Å². The first-order chi connectivity index (χ1) is 13.8. The van der Waals surface area contributed by atoms with Crippen molar-refractivity contribution < 1.29 is 23.4 Å². The summed E-state index contributed by atoms with van der Waals surface area (Å²) in [5, 5.41) is 0. The predicted molar refractivity (Wildman–Crippen MR) is 114 cm³/mol. The van der Waals surface area contributed by atoms with Crippen molar-refractivity contribution in [3.05, 3.63) is 59.7 Å². The molecule has 2 aliphatic rings. The summed E-state index contributed by atoms with van der Waals surface area (Å²) in [4.78, 5) is 0. The van der Waals surface area contributed by atoms with E-state index in [1.54, 1.807) is 14.2 Å². The maximum atomic E-state index is 5.63. The number of hydrogen-bond donors (Lipinski definition) is 0. The number of rotatable bonds is 6. The summed E-state index contributed by atoms with van der Waals surface area (Å²) >= 11 is 0. The third kappa shape index (κ3) is 6.19. The lowest BCUT2D eigenvalue weighted by atomic mass is 9.79. The molecule has 5 nitrogen and oxygen atoms in total. The Balaban J connectivity index is 0.000000191. The van der Waals surface area contributed by atoms with E-state index < -0.39 is 0 Å². The van der Waals surface area contributed by atoms with E-state index in [0.29, 0.717) is 19.8 Å². The van der Waals surface area contributed by atoms with Gasteiger partial charge >= 0.3 is 14.2 Å². The molecule has 0 unspecified atom stereocenters. The van der Waals surface area contributed by atoms with Gasteiger partial charge in [0.05, 0.1) is 13.2 Å². The summed E-state index contributed by atoms with van der Waals surface area (Å²) in [6.07, 6.45) is 0.901. The molecule has 0 bridgehead atoms. The molecule has 0 radical (unpaired) electrons. The van der Waals surface area contributed by atoms with Gasteiger partial charge in [0.25, 0.3) is 0 Å². The molecule has 2 aromatic carbocycles. The first-order valence-electron chi connectivity index (χ1n) is 9.85. The molecule has 7 heteroatoms. The van der Waals surface area contributed by atoms with E-state index in [-0.39, 0.29) is 14.2 Å². The first-order valence-corrected chi connectivity index (χ1v) is 9.85. The van der Waals surface area contributed by atoms with Crippen LogP contribution in [-0.2, 0) is 36.6 Å². The van der Waals surface area contributed by atoms with Crippen LogP contribution in [0.2, 0.25) is 0 Å². The zero-order valence-electron chi connectivity index (χ0n) is 17.4. The van der Waals surface area contributed by atoms with Crippen LogP contribution in [0.3, 0.4) is 0 Å². The molecule has 2 aromatic rings. The van der Waals surface area contributed by atoms with Crippen LogP contribution in [-0.4, -0.2) is 41.7 Å². The van der Waals surface area contributed by atoms with Gasteiger partial charge in [-0.3, -0.25) is 0 Å². The smallest absolute Gasteiger partial charge is 0.410 e. The van der Waals surface area contributed by atoms with Gasteiger partial charge in [0.2, 0.25) is 0 Å². The van der Waals surface area contributed by atoms with Crippen molar-refractivity contribution in [1.82, 2.24) is 0 Å². The Morgan fingerprint density at radius 2 is 1.32 bits per heavy atom. The number of ether oxygens (including phenoxy) is 1. The summed E-state index contributed by atoms with van der Waals surface area (Å²) < 4.78 is 26.6. The molecule has 0 fully saturated rings. The second-order valence-corrected chi connectivity index (χ2v) is 6.14. The zero-order chi connectivity index (χ0) is 20.2. The molecule has 4 rings (SSSR count). The second-order valence-electron chi connectivity index (χ2n) is 6.14. The Kier molecular flexibility index (Phi) is 10.3. The Hall–Kier alpha value is -1.63. The highest BCUT2D eigenvalue weighted by molar-refractivity contribution is 6.63. The van der Waals surface area contributed by atoms with Gasteiger partial charge < -0.3 is 23.4 Å². The van der Waals surface area contributed by atoms with Gasteiger partial charge in [-0.25, -0.2) is 0 Å². The van der Waals surface area contributed by atoms with Gasteiger partial charge in [-0.15, -0.1) is 0 Å². The maximum absolute atomic E-state index is 5.63. The molecule has 0 aromatic heterocycles. The van der Waals surface area contributed by atoms with Crippen molar-refractivity contribution >= 4 is 25.2 Å². The van der Waals surface area contributed by atoms with Crippen LogP contribution >= 0.6 is 0 Å². The molecule has 0 amide bonds. The van der Waals surface area contributed by atoms with Crippen molar-refractivity contribution in [2.75, 3.05) is 27.4 Å². The summed E-state index contributed by atoms with van der Waals surface area (Å²) in [5.41, 5.74) is 4.79. The molecule has 0 N–H and O–H groups in total. The van der Waals surface area contributed by atoms with E-state index >= 15 is 0 Å². The molecule has 0 saturated carbocycles. The Morgan fingerprint density at radius 1 is 0.786 bits per heavy atom. The van der Waals surface area contributed by atoms with Gasteiger partial charge in [0, 0.05) is 27.4 Å². The lowest BCUT2D eigenvalue weighted by Gasteiger charge is -2.07. The standard InChI is InChI=1S/C11H15BO3.C8H9BO2.C2H6/c1-13-7-4-8-14-12-11-6-3-2-5-10(11)9-15-12;1-10-9-8-5-3-2-4-7(8)6-11-9;1-2/h2-3,5-6H,4,7-9H2,1H3;2-5H,6H2,1H3;1-2H3. The lowest BCUT2D eigenvalue weighted by molar-refractivity contribution is 0.156. The normalized spacial score (nSPS) is 13.9. The van der Waals surface area contributed by atoms with Crippen molar-refractivity contribution in [2.24, 2.45) is 0 Å². The fourth-order valence-corrected chi connectivity index (χ4v) is 3.03. The van der Waals surface area contributed by atoms with E-state index in [1.165, 1.54) is 11.1 Å². The Labute approximate surface area is 169 Å². The topological polar surface area (TPSA) is 46.2 Å². The molecule has 0 saturated heterocycles. The summed E-state index contributed by atoms with van der Waals surface area (Å²) in [7, 11) is 3.03. The van der Waals surface area contributed by atoms with Crippen LogP contribution < -0.4 is 10.9 Å². The number of fused-ring (bicyclic) bond motifs is 2. The summed E-state index contributed by atoms with van der Waals surface area (Å²) in [5.74, 6) is 0. The molecular weight excluding hydrogens is 354 g/mol. The van der Waals surface area contributed by atoms with Gasteiger partial charge in [0.1, 0.15) is 0 Å². The van der Waals surface area contributed by atoms with E-state index in [4.69, 9.17) is 23.4 Å². The third-order valence-electron chi connectivity index (χ3n) is 4.37. The average molecular weight is 384 g/mol. The lowest BCUT2D eigenvalue weighted by Crippen LogP contribution is -2.32. The van der Waals surface area contributed by atoms with Gasteiger partial charge in [-0.2, -0.15) is 0 Å². The molecule has 28 heavy (non-hydrogen) atoms. The van der Waals surface area contributed by atoms with E-state index in [0.717, 1.165) is 24.0 Å². The van der Waals surface area contributed by atoms with E-state index in [1.807, 2.05) is 44.2 Å². The summed E-state index contributed by atoms with van der Waals surface area (Å²) in [6.45, 7) is 6.74. The van der Waals surface area contributed by atoms with Crippen molar-refractivity contribution in [2.45, 2.75) is 33.5 Å². The highest BCUT2D eigenvalue weighted by Crippen LogP contribution is 2.11. The summed E-state index contributed by atoms with van der Waals surface area (Å²) in [6, 6.07) is 16.3. The van der Waals surface area contributed by atoms with Crippen molar-refractivity contribution in [3.63, 3.8) is 0 Å². The average Bonchev–Trinajstić information content (AvgIpc) is 3.37. The number of methoxy groups -OCH3 is 1. The zero-order valence-corrected chi connectivity index (χ0v) is 17.4. The van der Waals surface area contributed by atoms with Gasteiger partial charge in [0.15, 0.2) is 0 Å². The number of hydrogen-bond acceptors (Lipinski definition) is 5. The predicted octanol–water partition coefficient (Wildman–Crippen LogP) is 2.55. The monoisotopic (exact) mass is 384 g/mol. The second kappa shape index (κ2) is 12.8. The molecule has 0 atom stereocenters. The van der Waals surface area contributed by atoms with Gasteiger partial charge in [-0.1, -0.05) is 62.4 Å². The largest absolute Gasteiger partial charge is 0.494 e. The van der Waals surface area contributed by atoms with E-state index in [2.05, 4.69) is 18.2 Å². The van der Waals surface area contributed by atoms with Crippen LogP contribution in [0.15, 0.2) is 48.5 Å². The van der Waals surface area contributed by atoms with Crippen molar-refractivity contribution in [1.29, 1.82) is 0 Å². The van der Waals surface area contributed by atoms with Crippen molar-refractivity contribution in [3.8, 4) is 0 Å². The highest BCUT2D eigenvalue weighted by Gasteiger charge is 2.30.